The number of ether oxygens (including phenoxy) is 2. The molecule has 0 aliphatic rings. The molecule has 4 aromatic rings. The predicted octanol–water partition coefficient (Wildman–Crippen LogP) is 4.63. The van der Waals surface area contributed by atoms with Crippen molar-refractivity contribution >= 4 is 45.5 Å². The first-order valence-electron chi connectivity index (χ1n) is 9.69. The fourth-order valence-electron chi connectivity index (χ4n) is 4.09. The van der Waals surface area contributed by atoms with E-state index in [1.165, 1.54) is 21.2 Å². The Labute approximate surface area is 189 Å². The minimum absolute atomic E-state index is 0. The third-order valence-electron chi connectivity index (χ3n) is 5.40. The van der Waals surface area contributed by atoms with Crippen LogP contribution in [0.5, 0.6) is 11.5 Å². The molecule has 0 amide bonds. The fraction of sp³-hybridized carbons (Fsp3) is 0.0769. The number of benzene rings is 4. The van der Waals surface area contributed by atoms with Gasteiger partial charge in [-0.2, -0.15) is 0 Å². The second kappa shape index (κ2) is 9.93. The molecular formula is C26H26BrO2P. The zero-order valence-corrected chi connectivity index (χ0v) is 19.8. The Morgan fingerprint density at radius 1 is 0.467 bits per heavy atom. The van der Waals surface area contributed by atoms with Gasteiger partial charge in [-0.1, -0.05) is 0 Å². The van der Waals surface area contributed by atoms with Gasteiger partial charge in [0.15, 0.2) is 0 Å². The predicted molar refractivity (Wildman–Crippen MR) is 136 cm³/mol. The summed E-state index contributed by atoms with van der Waals surface area (Å²) in [6.45, 7) is 0. The Balaban J connectivity index is 0.00000256. The zero-order valence-electron chi connectivity index (χ0n) is 17.1. The van der Waals surface area contributed by atoms with Gasteiger partial charge >= 0.3 is 173 Å². The summed E-state index contributed by atoms with van der Waals surface area (Å²) < 4.78 is 11.3. The normalized spacial score (nSPS) is 11.3. The molecule has 0 N–H and O–H groups in total. The molecule has 4 heteroatoms. The van der Waals surface area contributed by atoms with Crippen LogP contribution in [0.4, 0.5) is 0 Å². The molecule has 4 aromatic carbocycles. The van der Waals surface area contributed by atoms with Crippen molar-refractivity contribution in [3.05, 3.63) is 109 Å². The first kappa shape index (κ1) is 22.1. The van der Waals surface area contributed by atoms with Crippen molar-refractivity contribution in [2.75, 3.05) is 14.2 Å². The van der Waals surface area contributed by atoms with Gasteiger partial charge in [0.25, 0.3) is 0 Å². The van der Waals surface area contributed by atoms with Crippen molar-refractivity contribution < 1.29 is 9.47 Å². The fourth-order valence-corrected chi connectivity index (χ4v) is 8.88. The quantitative estimate of drug-likeness (QED) is 0.374. The van der Waals surface area contributed by atoms with E-state index in [1.807, 2.05) is 6.07 Å². The summed E-state index contributed by atoms with van der Waals surface area (Å²) in [5, 5.41) is 5.21. The van der Waals surface area contributed by atoms with Crippen LogP contribution in [0, 0.1) is 0 Å². The van der Waals surface area contributed by atoms with Crippen LogP contribution in [0.25, 0.3) is 0 Å². The number of rotatable bonds is 6. The van der Waals surface area contributed by atoms with Gasteiger partial charge in [-0.05, 0) is 0 Å². The Kier molecular flexibility index (Phi) is 7.31. The molecule has 0 spiro atoms. The van der Waals surface area contributed by atoms with Gasteiger partial charge in [0.05, 0.1) is 0 Å². The SMILES string of the molecule is Br.COc1cc(OC)cc([PH](c2ccccc2)(c2ccccc2)c2ccccc2)c1. The summed E-state index contributed by atoms with van der Waals surface area (Å²) in [5.74, 6) is 1.61. The van der Waals surface area contributed by atoms with Crippen molar-refractivity contribution in [2.24, 2.45) is 0 Å². The zero-order chi connectivity index (χ0) is 20.1. The number of hydrogen-bond acceptors (Lipinski definition) is 2. The molecule has 0 bridgehead atoms. The topological polar surface area (TPSA) is 18.5 Å². The first-order chi connectivity index (χ1) is 14.3. The van der Waals surface area contributed by atoms with Crippen LogP contribution in [-0.2, 0) is 0 Å². The van der Waals surface area contributed by atoms with E-state index in [9.17, 15) is 0 Å². The van der Waals surface area contributed by atoms with Crippen molar-refractivity contribution in [2.45, 2.75) is 0 Å². The average Bonchev–Trinajstić information content (AvgIpc) is 2.81. The molecule has 154 valence electrons. The van der Waals surface area contributed by atoms with Crippen LogP contribution < -0.4 is 30.7 Å². The average molecular weight is 481 g/mol. The minimum atomic E-state index is -2.56. The summed E-state index contributed by atoms with van der Waals surface area (Å²) in [7, 11) is 0.852. The molecule has 0 atom stereocenters. The summed E-state index contributed by atoms with van der Waals surface area (Å²) >= 11 is 0. The van der Waals surface area contributed by atoms with Crippen LogP contribution in [0.3, 0.4) is 0 Å². The van der Waals surface area contributed by atoms with Gasteiger partial charge in [-0.15, -0.1) is 17.0 Å². The van der Waals surface area contributed by atoms with Gasteiger partial charge in [-0.25, -0.2) is 0 Å². The molecule has 0 fully saturated rings. The Morgan fingerprint density at radius 3 is 1.10 bits per heavy atom. The Hall–Kier alpha value is -2.61. The van der Waals surface area contributed by atoms with Crippen molar-refractivity contribution in [3.63, 3.8) is 0 Å². The van der Waals surface area contributed by atoms with E-state index < -0.39 is 7.26 Å². The van der Waals surface area contributed by atoms with Crippen molar-refractivity contribution in [3.8, 4) is 11.5 Å². The van der Waals surface area contributed by atoms with Crippen LogP contribution in [-0.4, -0.2) is 14.2 Å². The van der Waals surface area contributed by atoms with Gasteiger partial charge in [-0.3, -0.25) is 0 Å². The van der Waals surface area contributed by atoms with Gasteiger partial charge in [0.1, 0.15) is 0 Å². The monoisotopic (exact) mass is 480 g/mol. The Morgan fingerprint density at radius 2 is 0.800 bits per heavy atom. The van der Waals surface area contributed by atoms with Crippen LogP contribution in [0.15, 0.2) is 109 Å². The van der Waals surface area contributed by atoms with Gasteiger partial charge < -0.3 is 0 Å². The van der Waals surface area contributed by atoms with Crippen LogP contribution >= 0.6 is 24.2 Å². The molecule has 0 aliphatic carbocycles. The molecule has 0 saturated carbocycles. The molecule has 0 heterocycles. The van der Waals surface area contributed by atoms with E-state index in [4.69, 9.17) is 9.47 Å². The van der Waals surface area contributed by atoms with Gasteiger partial charge in [0.2, 0.25) is 0 Å². The standard InChI is InChI=1S/C26H25O2P.BrH/c1-27-21-18-22(28-2)20-26(19-21)29(23-12-6-3-7-13-23,24-14-8-4-9-15-24)25-16-10-5-11-17-25;/h3-20,29H,1-2H3;1H. The first-order valence-corrected chi connectivity index (χ1v) is 11.7. The molecule has 0 unspecified atom stereocenters. The summed E-state index contributed by atoms with van der Waals surface area (Å²) in [5.41, 5.74) is 0. The van der Waals surface area contributed by atoms with E-state index in [0.717, 1.165) is 11.5 Å². The molecule has 0 radical (unpaired) electrons. The Bertz CT molecular complexity index is 951. The molecule has 30 heavy (non-hydrogen) atoms. The molecule has 0 aliphatic heterocycles. The third-order valence-corrected chi connectivity index (χ3v) is 10.2. The van der Waals surface area contributed by atoms with E-state index in [2.05, 4.69) is 103 Å². The molecule has 0 aromatic heterocycles. The summed E-state index contributed by atoms with van der Waals surface area (Å²) in [6, 6.07) is 38.7. The van der Waals surface area contributed by atoms with E-state index >= 15 is 0 Å². The second-order valence-corrected chi connectivity index (χ2v) is 10.8. The van der Waals surface area contributed by atoms with E-state index in [0.29, 0.717) is 0 Å². The maximum atomic E-state index is 5.64. The van der Waals surface area contributed by atoms with Crippen LogP contribution in [0.1, 0.15) is 0 Å². The molecule has 0 saturated heterocycles. The van der Waals surface area contributed by atoms with Crippen molar-refractivity contribution in [1.29, 1.82) is 0 Å². The number of methoxy groups -OCH3 is 2. The van der Waals surface area contributed by atoms with E-state index in [1.54, 1.807) is 14.2 Å². The molecule has 4 rings (SSSR count). The third kappa shape index (κ3) is 4.01. The van der Waals surface area contributed by atoms with Crippen LogP contribution in [0.2, 0.25) is 0 Å². The second-order valence-electron chi connectivity index (χ2n) is 6.95. The molecular weight excluding hydrogens is 455 g/mol. The van der Waals surface area contributed by atoms with Gasteiger partial charge in [0, 0.05) is 0 Å². The number of hydrogen-bond donors (Lipinski definition) is 0. The number of halogens is 1. The van der Waals surface area contributed by atoms with Crippen molar-refractivity contribution in [1.82, 2.24) is 0 Å². The molecule has 2 nitrogen and oxygen atoms in total. The van der Waals surface area contributed by atoms with E-state index in [-0.39, 0.29) is 17.0 Å². The summed E-state index contributed by atoms with van der Waals surface area (Å²) in [4.78, 5) is 0. The summed E-state index contributed by atoms with van der Waals surface area (Å²) in [6.07, 6.45) is 0. The maximum absolute atomic E-state index is 5.64.